The third-order valence-electron chi connectivity index (χ3n) is 2.70. The SMILES string of the molecule is CCCc1nc(Cl)c(C)c(Sc2nc(=O)c(=O)[nH]n2C)n1. The molecule has 9 heteroatoms. The van der Waals surface area contributed by atoms with E-state index in [2.05, 4.69) is 20.1 Å². The lowest BCUT2D eigenvalue weighted by atomic mass is 10.3. The van der Waals surface area contributed by atoms with Gasteiger partial charge in [0, 0.05) is 19.0 Å². The van der Waals surface area contributed by atoms with Crippen LogP contribution in [0.2, 0.25) is 5.15 Å². The Hall–Kier alpha value is -1.67. The first kappa shape index (κ1) is 15.7. The van der Waals surface area contributed by atoms with E-state index in [1.54, 1.807) is 14.0 Å². The molecule has 2 rings (SSSR count). The number of aromatic amines is 1. The van der Waals surface area contributed by atoms with Crippen LogP contribution in [0.4, 0.5) is 0 Å². The second-order valence-electron chi connectivity index (χ2n) is 4.41. The maximum absolute atomic E-state index is 11.4. The number of H-pyrrole nitrogens is 1. The number of rotatable bonds is 4. The molecule has 0 aliphatic carbocycles. The number of hydrogen-bond donors (Lipinski definition) is 1. The van der Waals surface area contributed by atoms with Gasteiger partial charge in [0.1, 0.15) is 16.0 Å². The maximum Gasteiger partial charge on any atom is 0.339 e. The van der Waals surface area contributed by atoms with Gasteiger partial charge in [0.25, 0.3) is 0 Å². The summed E-state index contributed by atoms with van der Waals surface area (Å²) in [7, 11) is 1.60. The van der Waals surface area contributed by atoms with Gasteiger partial charge in [-0.05, 0) is 25.1 Å². The van der Waals surface area contributed by atoms with Crippen molar-refractivity contribution >= 4 is 23.4 Å². The Labute approximate surface area is 129 Å². The molecule has 0 bridgehead atoms. The topological polar surface area (TPSA) is 93.5 Å². The minimum atomic E-state index is -0.831. The number of aromatic nitrogens is 5. The Bertz CT molecular complexity index is 786. The summed E-state index contributed by atoms with van der Waals surface area (Å²) in [6.07, 6.45) is 1.62. The fraction of sp³-hybridized carbons (Fsp3) is 0.417. The second kappa shape index (κ2) is 6.40. The van der Waals surface area contributed by atoms with Crippen molar-refractivity contribution in [2.45, 2.75) is 36.9 Å². The summed E-state index contributed by atoms with van der Waals surface area (Å²) in [6.45, 7) is 3.82. The zero-order chi connectivity index (χ0) is 15.6. The predicted molar refractivity (Wildman–Crippen MR) is 80.0 cm³/mol. The molecule has 0 amide bonds. The summed E-state index contributed by atoms with van der Waals surface area (Å²) >= 11 is 7.27. The minimum absolute atomic E-state index is 0.333. The Morgan fingerprint density at radius 3 is 2.67 bits per heavy atom. The second-order valence-corrected chi connectivity index (χ2v) is 5.73. The third kappa shape index (κ3) is 3.51. The average molecular weight is 328 g/mol. The molecule has 2 aromatic rings. The number of hydrogen-bond acceptors (Lipinski definition) is 6. The zero-order valence-electron chi connectivity index (χ0n) is 11.8. The molecule has 0 spiro atoms. The van der Waals surface area contributed by atoms with Crippen molar-refractivity contribution in [3.63, 3.8) is 0 Å². The molecule has 0 aliphatic heterocycles. The summed E-state index contributed by atoms with van der Waals surface area (Å²) in [6, 6.07) is 0. The van der Waals surface area contributed by atoms with E-state index in [0.29, 0.717) is 33.1 Å². The van der Waals surface area contributed by atoms with Gasteiger partial charge in [-0.15, -0.1) is 0 Å². The molecule has 0 atom stereocenters. The summed E-state index contributed by atoms with van der Waals surface area (Å²) in [5, 5.41) is 3.72. The summed E-state index contributed by atoms with van der Waals surface area (Å²) in [5.74, 6) is 0.644. The van der Waals surface area contributed by atoms with E-state index in [4.69, 9.17) is 11.6 Å². The highest BCUT2D eigenvalue weighted by Crippen LogP contribution is 2.29. The molecule has 112 valence electrons. The van der Waals surface area contributed by atoms with Crippen molar-refractivity contribution in [2.75, 3.05) is 0 Å². The standard InChI is InChI=1S/C12H14ClN5O2S/c1-4-5-7-14-8(13)6(2)11(15-7)21-12-16-9(19)10(20)17-18(12)3/h4-5H2,1-3H3,(H,17,20). The smallest absolute Gasteiger partial charge is 0.265 e. The van der Waals surface area contributed by atoms with Crippen LogP contribution in [0.1, 0.15) is 24.7 Å². The van der Waals surface area contributed by atoms with Gasteiger partial charge in [-0.2, -0.15) is 4.98 Å². The first-order chi connectivity index (χ1) is 9.92. The first-order valence-corrected chi connectivity index (χ1v) is 7.50. The maximum atomic E-state index is 11.4. The molecule has 0 radical (unpaired) electrons. The lowest BCUT2D eigenvalue weighted by Crippen LogP contribution is -2.33. The molecule has 21 heavy (non-hydrogen) atoms. The summed E-state index contributed by atoms with van der Waals surface area (Å²) in [4.78, 5) is 34.9. The lowest BCUT2D eigenvalue weighted by molar-refractivity contribution is 0.595. The van der Waals surface area contributed by atoms with E-state index in [-0.39, 0.29) is 0 Å². The van der Waals surface area contributed by atoms with Gasteiger partial charge in [-0.25, -0.2) is 9.97 Å². The van der Waals surface area contributed by atoms with Crippen molar-refractivity contribution in [1.82, 2.24) is 24.7 Å². The van der Waals surface area contributed by atoms with Crippen LogP contribution in [0.3, 0.4) is 0 Å². The Morgan fingerprint density at radius 1 is 1.29 bits per heavy atom. The van der Waals surface area contributed by atoms with Gasteiger partial charge < -0.3 is 0 Å². The fourth-order valence-electron chi connectivity index (χ4n) is 1.58. The molecule has 1 N–H and O–H groups in total. The molecule has 0 aliphatic rings. The lowest BCUT2D eigenvalue weighted by Gasteiger charge is -2.09. The molecular weight excluding hydrogens is 314 g/mol. The van der Waals surface area contributed by atoms with Gasteiger partial charge in [0.2, 0.25) is 0 Å². The van der Waals surface area contributed by atoms with Gasteiger partial charge >= 0.3 is 11.1 Å². The average Bonchev–Trinajstić information content (AvgIpc) is 2.42. The monoisotopic (exact) mass is 327 g/mol. The van der Waals surface area contributed by atoms with Crippen molar-refractivity contribution < 1.29 is 0 Å². The van der Waals surface area contributed by atoms with Gasteiger partial charge in [-0.1, -0.05) is 18.5 Å². The number of nitrogens with one attached hydrogen (secondary N) is 1. The van der Waals surface area contributed by atoms with Crippen LogP contribution in [0.25, 0.3) is 0 Å². The number of halogens is 1. The van der Waals surface area contributed by atoms with Crippen molar-refractivity contribution in [2.24, 2.45) is 7.05 Å². The van der Waals surface area contributed by atoms with Gasteiger partial charge in [0.15, 0.2) is 5.16 Å². The van der Waals surface area contributed by atoms with Gasteiger partial charge in [-0.3, -0.25) is 19.4 Å². The first-order valence-electron chi connectivity index (χ1n) is 6.30. The molecule has 2 aromatic heterocycles. The largest absolute Gasteiger partial charge is 0.339 e. The Morgan fingerprint density at radius 2 is 2.00 bits per heavy atom. The van der Waals surface area contributed by atoms with E-state index in [1.165, 1.54) is 4.68 Å². The van der Waals surface area contributed by atoms with Crippen LogP contribution in [0.15, 0.2) is 19.8 Å². The van der Waals surface area contributed by atoms with E-state index in [1.807, 2.05) is 6.92 Å². The number of aryl methyl sites for hydroxylation is 2. The Kier molecular flexibility index (Phi) is 4.79. The Balaban J connectivity index is 2.46. The molecule has 0 aromatic carbocycles. The molecule has 0 saturated carbocycles. The van der Waals surface area contributed by atoms with Crippen molar-refractivity contribution in [1.29, 1.82) is 0 Å². The molecule has 7 nitrogen and oxygen atoms in total. The van der Waals surface area contributed by atoms with E-state index in [9.17, 15) is 9.59 Å². The minimum Gasteiger partial charge on any atom is -0.265 e. The third-order valence-corrected chi connectivity index (χ3v) is 4.20. The normalized spacial score (nSPS) is 10.9. The van der Waals surface area contributed by atoms with Crippen LogP contribution in [0.5, 0.6) is 0 Å². The van der Waals surface area contributed by atoms with Crippen LogP contribution < -0.4 is 11.1 Å². The van der Waals surface area contributed by atoms with Crippen molar-refractivity contribution in [3.05, 3.63) is 37.2 Å². The zero-order valence-corrected chi connectivity index (χ0v) is 13.4. The number of nitrogens with zero attached hydrogens (tertiary/aromatic N) is 4. The summed E-state index contributed by atoms with van der Waals surface area (Å²) in [5.41, 5.74) is -0.880. The molecule has 0 fully saturated rings. The molecule has 0 unspecified atom stereocenters. The highest BCUT2D eigenvalue weighted by molar-refractivity contribution is 7.99. The van der Waals surface area contributed by atoms with Crippen LogP contribution >= 0.6 is 23.4 Å². The van der Waals surface area contributed by atoms with Crippen molar-refractivity contribution in [3.8, 4) is 0 Å². The van der Waals surface area contributed by atoms with Crippen LogP contribution in [0, 0.1) is 6.92 Å². The highest BCUT2D eigenvalue weighted by Gasteiger charge is 2.13. The van der Waals surface area contributed by atoms with Gasteiger partial charge in [0.05, 0.1) is 0 Å². The summed E-state index contributed by atoms with van der Waals surface area (Å²) < 4.78 is 1.38. The molecular formula is C12H14ClN5O2S. The van der Waals surface area contributed by atoms with E-state index >= 15 is 0 Å². The molecule has 2 heterocycles. The van der Waals surface area contributed by atoms with E-state index < -0.39 is 11.1 Å². The quantitative estimate of drug-likeness (QED) is 0.672. The predicted octanol–water partition coefficient (Wildman–Crippen LogP) is 1.32. The molecule has 0 saturated heterocycles. The van der Waals surface area contributed by atoms with Crippen LogP contribution in [-0.2, 0) is 13.5 Å². The van der Waals surface area contributed by atoms with E-state index in [0.717, 1.165) is 18.2 Å². The van der Waals surface area contributed by atoms with Crippen LogP contribution in [-0.4, -0.2) is 24.7 Å². The highest BCUT2D eigenvalue weighted by atomic mass is 35.5. The fourth-order valence-corrected chi connectivity index (χ4v) is 2.71.